The molecule has 0 radical (unpaired) electrons. The van der Waals surface area contributed by atoms with E-state index in [1.807, 2.05) is 19.1 Å². The summed E-state index contributed by atoms with van der Waals surface area (Å²) in [6, 6.07) is 5.52. The lowest BCUT2D eigenvalue weighted by Crippen LogP contribution is -2.44. The molecule has 1 saturated heterocycles. The largest absolute Gasteiger partial charge is 0.484 e. The number of aliphatic carboxylic acids is 1. The van der Waals surface area contributed by atoms with E-state index in [0.717, 1.165) is 16.5 Å². The van der Waals surface area contributed by atoms with E-state index in [1.54, 1.807) is 11.0 Å². The van der Waals surface area contributed by atoms with Gasteiger partial charge in [0.05, 0.1) is 5.92 Å². The number of aryl methyl sites for hydroxylation is 1. The smallest absolute Gasteiger partial charge is 0.308 e. The minimum Gasteiger partial charge on any atom is -0.484 e. The van der Waals surface area contributed by atoms with E-state index in [0.29, 0.717) is 18.7 Å². The minimum absolute atomic E-state index is 0.0621. The Bertz CT molecular complexity index is 546. The Morgan fingerprint density at radius 1 is 1.48 bits per heavy atom. The average Bonchev–Trinajstić information content (AvgIpc) is 2.48. The first kappa shape index (κ1) is 15.8. The predicted molar refractivity (Wildman–Crippen MR) is 81.3 cm³/mol. The number of benzene rings is 1. The third-order valence-electron chi connectivity index (χ3n) is 3.62. The summed E-state index contributed by atoms with van der Waals surface area (Å²) in [6.45, 7) is 2.76. The van der Waals surface area contributed by atoms with Gasteiger partial charge in [-0.1, -0.05) is 15.9 Å². The second kappa shape index (κ2) is 6.93. The number of halogens is 1. The summed E-state index contributed by atoms with van der Waals surface area (Å²) < 4.78 is 6.48. The van der Waals surface area contributed by atoms with Crippen molar-refractivity contribution in [3.63, 3.8) is 0 Å². The molecule has 1 unspecified atom stereocenters. The Kier molecular flexibility index (Phi) is 5.22. The van der Waals surface area contributed by atoms with Gasteiger partial charge in [-0.3, -0.25) is 9.59 Å². The van der Waals surface area contributed by atoms with Gasteiger partial charge in [0, 0.05) is 17.6 Å². The highest BCUT2D eigenvalue weighted by Crippen LogP contribution is 2.22. The molecule has 0 aromatic heterocycles. The zero-order chi connectivity index (χ0) is 15.4. The maximum atomic E-state index is 12.1. The molecule has 5 nitrogen and oxygen atoms in total. The summed E-state index contributed by atoms with van der Waals surface area (Å²) in [5.74, 6) is -0.827. The molecule has 1 amide bonds. The molecule has 0 spiro atoms. The van der Waals surface area contributed by atoms with E-state index in [1.165, 1.54) is 0 Å². The van der Waals surface area contributed by atoms with Gasteiger partial charge in [0.2, 0.25) is 0 Å². The van der Waals surface area contributed by atoms with Crippen LogP contribution in [-0.4, -0.2) is 41.6 Å². The molecule has 1 fully saturated rings. The number of hydrogen-bond donors (Lipinski definition) is 1. The minimum atomic E-state index is -0.836. The molecule has 1 aromatic rings. The first-order valence-corrected chi connectivity index (χ1v) is 7.66. The number of nitrogens with zero attached hydrogens (tertiary/aromatic N) is 1. The maximum Gasteiger partial charge on any atom is 0.308 e. The highest BCUT2D eigenvalue weighted by molar-refractivity contribution is 9.10. The standard InChI is InChI=1S/C15H18BrNO4/c1-10-7-12(4-5-13(10)16)21-9-14(18)17-6-2-3-11(8-17)15(19)20/h4-5,7,11H,2-3,6,8-9H2,1H3,(H,19,20). The lowest BCUT2D eigenvalue weighted by atomic mass is 9.98. The van der Waals surface area contributed by atoms with Crippen molar-refractivity contribution in [3.05, 3.63) is 28.2 Å². The lowest BCUT2D eigenvalue weighted by molar-refractivity contribution is -0.146. The van der Waals surface area contributed by atoms with Crippen LogP contribution in [0.1, 0.15) is 18.4 Å². The molecule has 1 aliphatic rings. The van der Waals surface area contributed by atoms with Crippen molar-refractivity contribution in [3.8, 4) is 5.75 Å². The summed E-state index contributed by atoms with van der Waals surface area (Å²) in [6.07, 6.45) is 1.35. The zero-order valence-corrected chi connectivity index (χ0v) is 13.4. The highest BCUT2D eigenvalue weighted by atomic mass is 79.9. The number of hydrogen-bond acceptors (Lipinski definition) is 3. The SMILES string of the molecule is Cc1cc(OCC(=O)N2CCCC(C(=O)O)C2)ccc1Br. The van der Waals surface area contributed by atoms with E-state index in [9.17, 15) is 9.59 Å². The van der Waals surface area contributed by atoms with Crippen LogP contribution >= 0.6 is 15.9 Å². The topological polar surface area (TPSA) is 66.8 Å². The van der Waals surface area contributed by atoms with E-state index in [2.05, 4.69) is 15.9 Å². The first-order valence-electron chi connectivity index (χ1n) is 6.87. The molecule has 0 saturated carbocycles. The molecule has 1 heterocycles. The van der Waals surface area contributed by atoms with Crippen molar-refractivity contribution < 1.29 is 19.4 Å². The Balaban J connectivity index is 1.89. The number of amides is 1. The molecular formula is C15H18BrNO4. The molecule has 1 atom stereocenters. The third-order valence-corrected chi connectivity index (χ3v) is 4.50. The molecule has 1 aromatic carbocycles. The van der Waals surface area contributed by atoms with Crippen LogP contribution in [0.15, 0.2) is 22.7 Å². The van der Waals surface area contributed by atoms with Crippen LogP contribution < -0.4 is 4.74 Å². The van der Waals surface area contributed by atoms with Gasteiger partial charge in [-0.25, -0.2) is 0 Å². The van der Waals surface area contributed by atoms with Gasteiger partial charge in [0.1, 0.15) is 5.75 Å². The Labute approximate surface area is 132 Å². The highest BCUT2D eigenvalue weighted by Gasteiger charge is 2.28. The molecule has 0 bridgehead atoms. The number of carbonyl (C=O) groups is 2. The van der Waals surface area contributed by atoms with Crippen molar-refractivity contribution in [2.45, 2.75) is 19.8 Å². The van der Waals surface area contributed by atoms with Gasteiger partial charge >= 0.3 is 5.97 Å². The quantitative estimate of drug-likeness (QED) is 0.900. The molecule has 6 heteroatoms. The van der Waals surface area contributed by atoms with E-state index >= 15 is 0 Å². The Morgan fingerprint density at radius 2 is 2.24 bits per heavy atom. The van der Waals surface area contributed by atoms with Crippen LogP contribution in [0.3, 0.4) is 0 Å². The van der Waals surface area contributed by atoms with Crippen molar-refractivity contribution >= 4 is 27.8 Å². The van der Waals surface area contributed by atoms with Crippen LogP contribution in [0, 0.1) is 12.8 Å². The molecule has 21 heavy (non-hydrogen) atoms. The number of carboxylic acid groups (broad SMARTS) is 1. The second-order valence-corrected chi connectivity index (χ2v) is 6.07. The van der Waals surface area contributed by atoms with Crippen LogP contribution in [0.25, 0.3) is 0 Å². The Morgan fingerprint density at radius 3 is 2.90 bits per heavy atom. The van der Waals surface area contributed by atoms with Gasteiger partial charge in [-0.15, -0.1) is 0 Å². The van der Waals surface area contributed by atoms with Crippen molar-refractivity contribution in [1.29, 1.82) is 0 Å². The summed E-state index contributed by atoms with van der Waals surface area (Å²) in [7, 11) is 0. The predicted octanol–water partition coefficient (Wildman–Crippen LogP) is 2.46. The average molecular weight is 356 g/mol. The van der Waals surface area contributed by atoms with Gasteiger partial charge in [0.25, 0.3) is 5.91 Å². The molecule has 0 aliphatic carbocycles. The number of likely N-dealkylation sites (tertiary alicyclic amines) is 1. The fourth-order valence-corrected chi connectivity index (χ4v) is 2.60. The number of carboxylic acids is 1. The fraction of sp³-hybridized carbons (Fsp3) is 0.467. The number of rotatable bonds is 4. The third kappa shape index (κ3) is 4.20. The van der Waals surface area contributed by atoms with Crippen LogP contribution in [0.4, 0.5) is 0 Å². The van der Waals surface area contributed by atoms with E-state index in [-0.39, 0.29) is 19.1 Å². The van der Waals surface area contributed by atoms with Gasteiger partial charge < -0.3 is 14.7 Å². The molecule has 2 rings (SSSR count). The maximum absolute atomic E-state index is 12.1. The fourth-order valence-electron chi connectivity index (χ4n) is 2.35. The van der Waals surface area contributed by atoms with Gasteiger partial charge in [-0.2, -0.15) is 0 Å². The Hall–Kier alpha value is -1.56. The van der Waals surface area contributed by atoms with Gasteiger partial charge in [-0.05, 0) is 43.5 Å². The lowest BCUT2D eigenvalue weighted by Gasteiger charge is -2.30. The zero-order valence-electron chi connectivity index (χ0n) is 11.8. The summed E-state index contributed by atoms with van der Waals surface area (Å²) >= 11 is 3.41. The summed E-state index contributed by atoms with van der Waals surface area (Å²) in [5.41, 5.74) is 1.03. The van der Waals surface area contributed by atoms with Crippen molar-refractivity contribution in [1.82, 2.24) is 4.90 Å². The van der Waals surface area contributed by atoms with Gasteiger partial charge in [0.15, 0.2) is 6.61 Å². The first-order chi connectivity index (χ1) is 9.97. The number of piperidine rings is 1. The van der Waals surface area contributed by atoms with Crippen LogP contribution in [-0.2, 0) is 9.59 Å². The van der Waals surface area contributed by atoms with E-state index < -0.39 is 11.9 Å². The van der Waals surface area contributed by atoms with E-state index in [4.69, 9.17) is 9.84 Å². The van der Waals surface area contributed by atoms with Crippen molar-refractivity contribution in [2.75, 3.05) is 19.7 Å². The normalized spacial score (nSPS) is 18.4. The van der Waals surface area contributed by atoms with Crippen LogP contribution in [0.5, 0.6) is 5.75 Å². The summed E-state index contributed by atoms with van der Waals surface area (Å²) in [4.78, 5) is 24.7. The monoisotopic (exact) mass is 355 g/mol. The molecule has 1 N–H and O–H groups in total. The second-order valence-electron chi connectivity index (χ2n) is 5.22. The molecular weight excluding hydrogens is 338 g/mol. The van der Waals surface area contributed by atoms with Crippen molar-refractivity contribution in [2.24, 2.45) is 5.92 Å². The van der Waals surface area contributed by atoms with Crippen LogP contribution in [0.2, 0.25) is 0 Å². The number of carbonyl (C=O) groups excluding carboxylic acids is 1. The number of ether oxygens (including phenoxy) is 1. The summed E-state index contributed by atoms with van der Waals surface area (Å²) in [5, 5.41) is 9.03. The molecule has 1 aliphatic heterocycles. The molecule has 114 valence electrons.